The number of nitrogens with one attached hydrogen (secondary N) is 1. The molecule has 0 aromatic carbocycles. The Morgan fingerprint density at radius 2 is 2.06 bits per heavy atom. The number of nitrogens with two attached hydrogens (primary N) is 1. The summed E-state index contributed by atoms with van der Waals surface area (Å²) in [6.07, 6.45) is 5.85. The molecule has 1 saturated carbocycles. The number of hydrogen-bond donors (Lipinski definition) is 2. The number of hydrogen-bond acceptors (Lipinski definition) is 5. The maximum Gasteiger partial charge on any atom is 0.311 e. The van der Waals surface area contributed by atoms with E-state index in [0.717, 1.165) is 12.8 Å². The molecule has 2 rings (SSSR count). The molecule has 6 nitrogen and oxygen atoms in total. The summed E-state index contributed by atoms with van der Waals surface area (Å²) >= 11 is 0. The van der Waals surface area contributed by atoms with Crippen molar-refractivity contribution in [2.75, 3.05) is 11.1 Å². The topological polar surface area (TPSA) is 94.1 Å². The van der Waals surface area contributed by atoms with Gasteiger partial charge in [0.1, 0.15) is 5.82 Å². The first-order chi connectivity index (χ1) is 8.50. The number of nitrogens with zero attached hydrogens (tertiary/aromatic N) is 2. The van der Waals surface area contributed by atoms with Crippen LogP contribution in [0.1, 0.15) is 39.0 Å². The molecular weight excluding hydrogens is 232 g/mol. The first-order valence-electron chi connectivity index (χ1n) is 6.19. The van der Waals surface area contributed by atoms with E-state index in [1.807, 2.05) is 0 Å². The Balaban J connectivity index is 2.14. The molecular formula is C12H18N4O2. The van der Waals surface area contributed by atoms with Gasteiger partial charge in [-0.05, 0) is 25.8 Å². The lowest BCUT2D eigenvalue weighted by molar-refractivity contribution is -0.384. The molecule has 1 fully saturated rings. The fraction of sp³-hybridized carbons (Fsp3) is 0.583. The smallest absolute Gasteiger partial charge is 0.311 e. The summed E-state index contributed by atoms with van der Waals surface area (Å²) in [5.41, 5.74) is 5.46. The molecule has 0 atom stereocenters. The molecule has 1 aromatic heterocycles. The van der Waals surface area contributed by atoms with Crippen molar-refractivity contribution in [3.8, 4) is 0 Å². The first-order valence-corrected chi connectivity index (χ1v) is 6.19. The molecule has 0 aliphatic heterocycles. The predicted octanol–water partition coefficient (Wildman–Crippen LogP) is 2.71. The van der Waals surface area contributed by atoms with E-state index in [2.05, 4.69) is 17.2 Å². The van der Waals surface area contributed by atoms with E-state index in [1.165, 1.54) is 25.3 Å². The van der Waals surface area contributed by atoms with Gasteiger partial charge in [-0.25, -0.2) is 4.98 Å². The van der Waals surface area contributed by atoms with E-state index in [9.17, 15) is 10.1 Å². The van der Waals surface area contributed by atoms with Gasteiger partial charge in [-0.3, -0.25) is 10.1 Å². The van der Waals surface area contributed by atoms with E-state index in [4.69, 9.17) is 5.73 Å². The lowest BCUT2D eigenvalue weighted by atomic mass is 9.83. The van der Waals surface area contributed by atoms with E-state index >= 15 is 0 Å². The van der Waals surface area contributed by atoms with Crippen LogP contribution in [0.4, 0.5) is 17.3 Å². The van der Waals surface area contributed by atoms with Crippen LogP contribution in [0.25, 0.3) is 0 Å². The number of aromatic nitrogens is 1. The van der Waals surface area contributed by atoms with Gasteiger partial charge in [0.05, 0.1) is 4.92 Å². The molecule has 1 aliphatic carbocycles. The van der Waals surface area contributed by atoms with Gasteiger partial charge < -0.3 is 11.1 Å². The molecule has 0 amide bonds. The van der Waals surface area contributed by atoms with Gasteiger partial charge >= 0.3 is 5.69 Å². The molecule has 6 heteroatoms. The van der Waals surface area contributed by atoms with Crippen LogP contribution in [0, 0.1) is 10.1 Å². The Kier molecular flexibility index (Phi) is 3.36. The molecule has 18 heavy (non-hydrogen) atoms. The van der Waals surface area contributed by atoms with Crippen molar-refractivity contribution < 1.29 is 4.92 Å². The van der Waals surface area contributed by atoms with Gasteiger partial charge in [-0.2, -0.15) is 0 Å². The first kappa shape index (κ1) is 12.6. The van der Waals surface area contributed by atoms with Gasteiger partial charge in [0.25, 0.3) is 0 Å². The van der Waals surface area contributed by atoms with Crippen molar-refractivity contribution in [3.05, 3.63) is 22.2 Å². The third-order valence-corrected chi connectivity index (χ3v) is 3.49. The largest absolute Gasteiger partial charge is 0.378 e. The summed E-state index contributed by atoms with van der Waals surface area (Å²) < 4.78 is 0. The number of nitrogen functional groups attached to an aromatic ring is 1. The molecule has 0 saturated heterocycles. The van der Waals surface area contributed by atoms with Gasteiger partial charge in [0.2, 0.25) is 5.82 Å². The van der Waals surface area contributed by atoms with Gasteiger partial charge in [0, 0.05) is 11.6 Å². The lowest BCUT2D eigenvalue weighted by Gasteiger charge is -2.35. The fourth-order valence-corrected chi connectivity index (χ4v) is 2.46. The minimum Gasteiger partial charge on any atom is -0.378 e. The standard InChI is InChI=1S/C12H18N4O2/c1-12(7-3-2-4-8-12)15-10-6-5-9(16(17)18)11(13)14-10/h5-6H,2-4,7-8H2,1H3,(H3,13,14,15). The number of nitro groups is 1. The molecule has 3 N–H and O–H groups in total. The Labute approximate surface area is 106 Å². The highest BCUT2D eigenvalue weighted by molar-refractivity contribution is 5.57. The summed E-state index contributed by atoms with van der Waals surface area (Å²) in [4.78, 5) is 14.2. The average Bonchev–Trinajstić information content (AvgIpc) is 2.28. The second-order valence-corrected chi connectivity index (χ2v) is 5.10. The molecule has 1 aliphatic rings. The Bertz CT molecular complexity index is 455. The Hall–Kier alpha value is -1.85. The number of rotatable bonds is 3. The Morgan fingerprint density at radius 3 is 2.61 bits per heavy atom. The molecule has 1 aromatic rings. The molecule has 0 unspecified atom stereocenters. The zero-order valence-corrected chi connectivity index (χ0v) is 10.5. The van der Waals surface area contributed by atoms with Gasteiger partial charge in [-0.15, -0.1) is 0 Å². The van der Waals surface area contributed by atoms with Crippen molar-refractivity contribution in [1.29, 1.82) is 0 Å². The quantitative estimate of drug-likeness (QED) is 0.635. The second-order valence-electron chi connectivity index (χ2n) is 5.10. The van der Waals surface area contributed by atoms with E-state index < -0.39 is 4.92 Å². The van der Waals surface area contributed by atoms with Gasteiger partial charge in [0.15, 0.2) is 0 Å². The van der Waals surface area contributed by atoms with Crippen LogP contribution < -0.4 is 11.1 Å². The molecule has 0 radical (unpaired) electrons. The van der Waals surface area contributed by atoms with Crippen LogP contribution in [0.3, 0.4) is 0 Å². The zero-order chi connectivity index (χ0) is 13.2. The van der Waals surface area contributed by atoms with Crippen LogP contribution in [-0.4, -0.2) is 15.4 Å². The van der Waals surface area contributed by atoms with E-state index in [1.54, 1.807) is 6.07 Å². The summed E-state index contributed by atoms with van der Waals surface area (Å²) in [6.45, 7) is 2.16. The van der Waals surface area contributed by atoms with Crippen molar-refractivity contribution in [2.24, 2.45) is 0 Å². The van der Waals surface area contributed by atoms with Crippen LogP contribution in [0.15, 0.2) is 12.1 Å². The Morgan fingerprint density at radius 1 is 1.39 bits per heavy atom. The van der Waals surface area contributed by atoms with E-state index in [-0.39, 0.29) is 17.0 Å². The second kappa shape index (κ2) is 4.80. The monoisotopic (exact) mass is 250 g/mol. The zero-order valence-electron chi connectivity index (χ0n) is 10.5. The lowest BCUT2D eigenvalue weighted by Crippen LogP contribution is -2.37. The van der Waals surface area contributed by atoms with E-state index in [0.29, 0.717) is 5.82 Å². The summed E-state index contributed by atoms with van der Waals surface area (Å²) in [5, 5.41) is 14.0. The van der Waals surface area contributed by atoms with Crippen molar-refractivity contribution >= 4 is 17.3 Å². The van der Waals surface area contributed by atoms with Crippen molar-refractivity contribution in [1.82, 2.24) is 4.98 Å². The highest BCUT2D eigenvalue weighted by Crippen LogP contribution is 2.31. The minimum atomic E-state index is -0.519. The maximum absolute atomic E-state index is 10.7. The van der Waals surface area contributed by atoms with Crippen molar-refractivity contribution in [2.45, 2.75) is 44.6 Å². The predicted molar refractivity (Wildman–Crippen MR) is 70.4 cm³/mol. The molecule has 0 bridgehead atoms. The third-order valence-electron chi connectivity index (χ3n) is 3.49. The SMILES string of the molecule is CC1(Nc2ccc([N+](=O)[O-])c(N)n2)CCCCC1. The average molecular weight is 250 g/mol. The molecule has 98 valence electrons. The normalized spacial score (nSPS) is 18.3. The molecule has 1 heterocycles. The summed E-state index contributed by atoms with van der Waals surface area (Å²) in [5.74, 6) is 0.576. The fourth-order valence-electron chi connectivity index (χ4n) is 2.46. The van der Waals surface area contributed by atoms with Crippen LogP contribution in [-0.2, 0) is 0 Å². The van der Waals surface area contributed by atoms with Crippen LogP contribution in [0.5, 0.6) is 0 Å². The molecule has 0 spiro atoms. The van der Waals surface area contributed by atoms with Crippen LogP contribution >= 0.6 is 0 Å². The third kappa shape index (κ3) is 2.69. The van der Waals surface area contributed by atoms with Crippen molar-refractivity contribution in [3.63, 3.8) is 0 Å². The minimum absolute atomic E-state index is 0.0216. The number of anilines is 2. The summed E-state index contributed by atoms with van der Waals surface area (Å²) in [6, 6.07) is 3.02. The van der Waals surface area contributed by atoms with Gasteiger partial charge in [-0.1, -0.05) is 19.3 Å². The maximum atomic E-state index is 10.7. The number of pyridine rings is 1. The highest BCUT2D eigenvalue weighted by atomic mass is 16.6. The van der Waals surface area contributed by atoms with Crippen LogP contribution in [0.2, 0.25) is 0 Å². The highest BCUT2D eigenvalue weighted by Gasteiger charge is 2.27. The summed E-state index contributed by atoms with van der Waals surface area (Å²) in [7, 11) is 0.